The third kappa shape index (κ3) is 4.28. The van der Waals surface area contributed by atoms with Crippen molar-refractivity contribution in [3.63, 3.8) is 0 Å². The first-order chi connectivity index (χ1) is 10.6. The minimum atomic E-state index is -0.434. The van der Waals surface area contributed by atoms with Crippen LogP contribution in [0.15, 0.2) is 42.7 Å². The van der Waals surface area contributed by atoms with E-state index in [2.05, 4.69) is 10.3 Å². The van der Waals surface area contributed by atoms with Crippen molar-refractivity contribution in [3.05, 3.63) is 59.7 Å². The Hall–Kier alpha value is -2.43. The van der Waals surface area contributed by atoms with E-state index in [0.717, 1.165) is 5.56 Å². The van der Waals surface area contributed by atoms with Gasteiger partial charge in [0.15, 0.2) is 11.6 Å². The smallest absolute Gasteiger partial charge is 0.220 e. The first kappa shape index (κ1) is 15.9. The van der Waals surface area contributed by atoms with Crippen molar-refractivity contribution in [2.75, 3.05) is 7.11 Å². The molecule has 0 bridgehead atoms. The average molecular weight is 302 g/mol. The maximum Gasteiger partial charge on any atom is 0.220 e. The molecule has 1 aromatic carbocycles. The van der Waals surface area contributed by atoms with Crippen LogP contribution in [-0.2, 0) is 11.2 Å². The van der Waals surface area contributed by atoms with Crippen LogP contribution in [0, 0.1) is 5.82 Å². The zero-order valence-corrected chi connectivity index (χ0v) is 12.7. The SMILES string of the molecule is COc1ccc(C(C)NC(=O)CCc2cccnc2)cc1F. The summed E-state index contributed by atoms with van der Waals surface area (Å²) in [5, 5.41) is 2.86. The van der Waals surface area contributed by atoms with E-state index in [1.807, 2.05) is 19.1 Å². The number of benzene rings is 1. The lowest BCUT2D eigenvalue weighted by Gasteiger charge is -2.15. The molecule has 4 nitrogen and oxygen atoms in total. The van der Waals surface area contributed by atoms with Crippen LogP contribution in [-0.4, -0.2) is 18.0 Å². The number of rotatable bonds is 6. The summed E-state index contributed by atoms with van der Waals surface area (Å²) in [6, 6.07) is 8.20. The van der Waals surface area contributed by atoms with Gasteiger partial charge in [-0.15, -0.1) is 0 Å². The van der Waals surface area contributed by atoms with Crippen LogP contribution in [0.2, 0.25) is 0 Å². The van der Waals surface area contributed by atoms with Crippen LogP contribution in [0.5, 0.6) is 5.75 Å². The molecule has 22 heavy (non-hydrogen) atoms. The van der Waals surface area contributed by atoms with Crippen molar-refractivity contribution in [2.45, 2.75) is 25.8 Å². The highest BCUT2D eigenvalue weighted by Gasteiger charge is 2.12. The van der Waals surface area contributed by atoms with Gasteiger partial charge in [-0.25, -0.2) is 4.39 Å². The van der Waals surface area contributed by atoms with E-state index < -0.39 is 5.82 Å². The number of pyridine rings is 1. The maximum atomic E-state index is 13.7. The zero-order chi connectivity index (χ0) is 15.9. The molecule has 0 aliphatic heterocycles. The predicted octanol–water partition coefficient (Wildman–Crippen LogP) is 3.04. The number of hydrogen-bond acceptors (Lipinski definition) is 3. The van der Waals surface area contributed by atoms with Crippen LogP contribution < -0.4 is 10.1 Å². The quantitative estimate of drug-likeness (QED) is 0.892. The van der Waals surface area contributed by atoms with Gasteiger partial charge in [-0.05, 0) is 42.7 Å². The summed E-state index contributed by atoms with van der Waals surface area (Å²) in [5.74, 6) is -0.317. The van der Waals surface area contributed by atoms with Gasteiger partial charge >= 0.3 is 0 Å². The minimum absolute atomic E-state index is 0.0763. The average Bonchev–Trinajstić information content (AvgIpc) is 2.53. The van der Waals surface area contributed by atoms with E-state index >= 15 is 0 Å². The number of ether oxygens (including phenoxy) is 1. The summed E-state index contributed by atoms with van der Waals surface area (Å²) in [6.45, 7) is 1.82. The molecule has 0 saturated heterocycles. The fourth-order valence-electron chi connectivity index (χ4n) is 2.15. The molecular formula is C17H19FN2O2. The predicted molar refractivity (Wildman–Crippen MR) is 82.1 cm³/mol. The fourth-order valence-corrected chi connectivity index (χ4v) is 2.15. The molecule has 2 rings (SSSR count). The van der Waals surface area contributed by atoms with Crippen LogP contribution in [0.3, 0.4) is 0 Å². The molecule has 1 unspecified atom stereocenters. The molecule has 116 valence electrons. The van der Waals surface area contributed by atoms with Crippen molar-refractivity contribution < 1.29 is 13.9 Å². The normalized spacial score (nSPS) is 11.8. The molecule has 0 saturated carbocycles. The summed E-state index contributed by atoms with van der Waals surface area (Å²) in [7, 11) is 1.42. The van der Waals surface area contributed by atoms with Gasteiger partial charge in [0.25, 0.3) is 0 Å². The summed E-state index contributed by atoms with van der Waals surface area (Å²) in [5.41, 5.74) is 1.72. The number of hydrogen-bond donors (Lipinski definition) is 1. The number of carbonyl (C=O) groups excluding carboxylic acids is 1. The number of aryl methyl sites for hydroxylation is 1. The molecule has 0 spiro atoms. The Morgan fingerprint density at radius 1 is 1.41 bits per heavy atom. The molecule has 1 heterocycles. The number of halogens is 1. The molecule has 5 heteroatoms. The van der Waals surface area contributed by atoms with E-state index in [1.54, 1.807) is 24.5 Å². The molecular weight excluding hydrogens is 283 g/mol. The number of nitrogens with zero attached hydrogens (tertiary/aromatic N) is 1. The number of carbonyl (C=O) groups is 1. The van der Waals surface area contributed by atoms with Gasteiger partial charge in [-0.3, -0.25) is 9.78 Å². The number of nitrogens with one attached hydrogen (secondary N) is 1. The van der Waals surface area contributed by atoms with Crippen LogP contribution in [0.25, 0.3) is 0 Å². The van der Waals surface area contributed by atoms with Crippen molar-refractivity contribution >= 4 is 5.91 Å². The fraction of sp³-hybridized carbons (Fsp3) is 0.294. The molecule has 1 atom stereocenters. The zero-order valence-electron chi connectivity index (χ0n) is 12.7. The van der Waals surface area contributed by atoms with Crippen molar-refractivity contribution in [1.82, 2.24) is 10.3 Å². The van der Waals surface area contributed by atoms with Gasteiger partial charge < -0.3 is 10.1 Å². The number of amides is 1. The van der Waals surface area contributed by atoms with E-state index in [0.29, 0.717) is 18.4 Å². The van der Waals surface area contributed by atoms with Gasteiger partial charge in [0, 0.05) is 18.8 Å². The van der Waals surface area contributed by atoms with Crippen molar-refractivity contribution in [3.8, 4) is 5.75 Å². The Morgan fingerprint density at radius 3 is 2.86 bits per heavy atom. The van der Waals surface area contributed by atoms with Gasteiger partial charge in [-0.1, -0.05) is 12.1 Å². The Bertz CT molecular complexity index is 632. The Kier molecular flexibility index (Phi) is 5.47. The van der Waals surface area contributed by atoms with E-state index in [-0.39, 0.29) is 17.7 Å². The molecule has 1 amide bonds. The molecule has 0 fully saturated rings. The highest BCUT2D eigenvalue weighted by molar-refractivity contribution is 5.76. The largest absolute Gasteiger partial charge is 0.494 e. The summed E-state index contributed by atoms with van der Waals surface area (Å²) >= 11 is 0. The third-order valence-electron chi connectivity index (χ3n) is 3.42. The Balaban J connectivity index is 1.89. The molecule has 0 aliphatic rings. The van der Waals surface area contributed by atoms with Crippen LogP contribution in [0.1, 0.15) is 30.5 Å². The highest BCUT2D eigenvalue weighted by atomic mass is 19.1. The van der Waals surface area contributed by atoms with E-state index in [4.69, 9.17) is 4.74 Å². The highest BCUT2D eigenvalue weighted by Crippen LogP contribution is 2.21. The molecule has 1 aromatic heterocycles. The second kappa shape index (κ2) is 7.54. The second-order valence-electron chi connectivity index (χ2n) is 5.04. The lowest BCUT2D eigenvalue weighted by molar-refractivity contribution is -0.121. The molecule has 0 aliphatic carbocycles. The van der Waals surface area contributed by atoms with Crippen LogP contribution in [0.4, 0.5) is 4.39 Å². The molecule has 0 radical (unpaired) electrons. The first-order valence-electron chi connectivity index (χ1n) is 7.12. The van der Waals surface area contributed by atoms with Crippen molar-refractivity contribution in [1.29, 1.82) is 0 Å². The lowest BCUT2D eigenvalue weighted by atomic mass is 10.1. The third-order valence-corrected chi connectivity index (χ3v) is 3.42. The van der Waals surface area contributed by atoms with E-state index in [9.17, 15) is 9.18 Å². The monoisotopic (exact) mass is 302 g/mol. The van der Waals surface area contributed by atoms with Crippen molar-refractivity contribution in [2.24, 2.45) is 0 Å². The topological polar surface area (TPSA) is 51.2 Å². The minimum Gasteiger partial charge on any atom is -0.494 e. The number of methoxy groups -OCH3 is 1. The van der Waals surface area contributed by atoms with Gasteiger partial charge in [0.2, 0.25) is 5.91 Å². The van der Waals surface area contributed by atoms with Gasteiger partial charge in [0.1, 0.15) is 0 Å². The summed E-state index contributed by atoms with van der Waals surface area (Å²) < 4.78 is 18.6. The Morgan fingerprint density at radius 2 is 2.23 bits per heavy atom. The second-order valence-corrected chi connectivity index (χ2v) is 5.04. The standard InChI is InChI=1S/C17H19FN2O2/c1-12(14-6-7-16(22-2)15(18)10-14)20-17(21)8-5-13-4-3-9-19-11-13/h3-4,6-7,9-12H,5,8H2,1-2H3,(H,20,21). The van der Waals surface area contributed by atoms with Gasteiger partial charge in [-0.2, -0.15) is 0 Å². The lowest BCUT2D eigenvalue weighted by Crippen LogP contribution is -2.26. The first-order valence-corrected chi connectivity index (χ1v) is 7.12. The maximum absolute atomic E-state index is 13.7. The van der Waals surface area contributed by atoms with E-state index in [1.165, 1.54) is 13.2 Å². The number of aromatic nitrogens is 1. The summed E-state index contributed by atoms with van der Waals surface area (Å²) in [6.07, 6.45) is 4.44. The van der Waals surface area contributed by atoms with Gasteiger partial charge in [0.05, 0.1) is 13.2 Å². The Labute approximate surface area is 129 Å². The summed E-state index contributed by atoms with van der Waals surface area (Å²) in [4.78, 5) is 16.0. The van der Waals surface area contributed by atoms with Crippen LogP contribution >= 0.6 is 0 Å². The molecule has 2 aromatic rings. The molecule has 1 N–H and O–H groups in total.